The van der Waals surface area contributed by atoms with Gasteiger partial charge in [0.15, 0.2) is 5.96 Å². The van der Waals surface area contributed by atoms with E-state index in [0.717, 1.165) is 75.6 Å². The molecule has 25 heavy (non-hydrogen) atoms. The summed E-state index contributed by atoms with van der Waals surface area (Å²) in [4.78, 5) is 15.8. The third kappa shape index (κ3) is 4.92. The zero-order valence-electron chi connectivity index (χ0n) is 15.8. The van der Waals surface area contributed by atoms with Gasteiger partial charge in [0.2, 0.25) is 0 Å². The lowest BCUT2D eigenvalue weighted by molar-refractivity contribution is 0.0195. The van der Waals surface area contributed by atoms with Crippen LogP contribution in [0.2, 0.25) is 0 Å². The highest BCUT2D eigenvalue weighted by atomic mass is 32.1. The van der Waals surface area contributed by atoms with Gasteiger partial charge in [0, 0.05) is 56.6 Å². The van der Waals surface area contributed by atoms with Gasteiger partial charge in [0.1, 0.15) is 0 Å². The summed E-state index contributed by atoms with van der Waals surface area (Å²) in [6.45, 7) is 14.1. The first-order valence-electron chi connectivity index (χ1n) is 9.45. The Morgan fingerprint density at radius 1 is 1.32 bits per heavy atom. The third-order valence-corrected chi connectivity index (χ3v) is 6.09. The third-order valence-electron chi connectivity index (χ3n) is 4.96. The molecule has 1 aromatic heterocycles. The molecule has 2 saturated heterocycles. The highest BCUT2D eigenvalue weighted by molar-refractivity contribution is 7.11. The number of aliphatic imine (C=N–C) groups is 1. The molecule has 1 N–H and O–H groups in total. The molecule has 3 heterocycles. The highest BCUT2D eigenvalue weighted by Gasteiger charge is 2.30. The van der Waals surface area contributed by atoms with Crippen LogP contribution in [0.4, 0.5) is 0 Å². The van der Waals surface area contributed by atoms with Crippen molar-refractivity contribution >= 4 is 17.3 Å². The lowest BCUT2D eigenvalue weighted by Crippen LogP contribution is -2.46. The molecule has 2 aliphatic rings. The van der Waals surface area contributed by atoms with Gasteiger partial charge in [-0.2, -0.15) is 0 Å². The molecule has 1 unspecified atom stereocenters. The summed E-state index contributed by atoms with van der Waals surface area (Å²) in [5, 5.41) is 4.62. The molecule has 2 fully saturated rings. The molecule has 6 nitrogen and oxygen atoms in total. The van der Waals surface area contributed by atoms with Gasteiger partial charge >= 0.3 is 0 Å². The van der Waals surface area contributed by atoms with Crippen molar-refractivity contribution in [1.29, 1.82) is 0 Å². The average molecular weight is 366 g/mol. The fraction of sp³-hybridized carbons (Fsp3) is 0.778. The van der Waals surface area contributed by atoms with Crippen molar-refractivity contribution in [2.45, 2.75) is 39.7 Å². The number of hydrogen-bond acceptors (Lipinski definition) is 5. The second-order valence-electron chi connectivity index (χ2n) is 6.76. The van der Waals surface area contributed by atoms with Crippen molar-refractivity contribution in [3.8, 4) is 0 Å². The van der Waals surface area contributed by atoms with E-state index in [-0.39, 0.29) is 0 Å². The molecular weight excluding hydrogens is 334 g/mol. The van der Waals surface area contributed by atoms with Crippen molar-refractivity contribution in [3.63, 3.8) is 0 Å². The van der Waals surface area contributed by atoms with E-state index in [9.17, 15) is 0 Å². The Morgan fingerprint density at radius 2 is 2.12 bits per heavy atom. The van der Waals surface area contributed by atoms with Crippen molar-refractivity contribution < 1.29 is 4.74 Å². The number of guanidine groups is 1. The monoisotopic (exact) mass is 365 g/mol. The number of ether oxygens (including phenoxy) is 1. The Bertz CT molecular complexity index is 582. The molecular formula is C18H31N5OS. The highest BCUT2D eigenvalue weighted by Crippen LogP contribution is 2.19. The average Bonchev–Trinajstić information content (AvgIpc) is 3.22. The topological polar surface area (TPSA) is 53.0 Å². The van der Waals surface area contributed by atoms with Crippen molar-refractivity contribution in [3.05, 3.63) is 15.6 Å². The lowest BCUT2D eigenvalue weighted by Gasteiger charge is -2.32. The van der Waals surface area contributed by atoms with Crippen molar-refractivity contribution in [2.24, 2.45) is 4.99 Å². The fourth-order valence-electron chi connectivity index (χ4n) is 3.67. The van der Waals surface area contributed by atoms with E-state index in [1.54, 1.807) is 11.3 Å². The SMILES string of the molecule is CCNC(=NCCc1sc(C)nc1C)N1CCC(N2CCOCC2)C1. The number of nitrogens with zero attached hydrogens (tertiary/aromatic N) is 4. The largest absolute Gasteiger partial charge is 0.379 e. The maximum atomic E-state index is 5.48. The molecule has 1 atom stereocenters. The summed E-state index contributed by atoms with van der Waals surface area (Å²) < 4.78 is 5.48. The van der Waals surface area contributed by atoms with Gasteiger partial charge in [-0.05, 0) is 27.2 Å². The minimum atomic E-state index is 0.638. The molecule has 3 rings (SSSR count). The number of aromatic nitrogens is 1. The maximum absolute atomic E-state index is 5.48. The molecule has 0 amide bonds. The number of hydrogen-bond donors (Lipinski definition) is 1. The first-order chi connectivity index (χ1) is 12.2. The number of morpholine rings is 1. The molecule has 0 aliphatic carbocycles. The van der Waals surface area contributed by atoms with E-state index in [1.807, 2.05) is 0 Å². The van der Waals surface area contributed by atoms with Gasteiger partial charge in [0.25, 0.3) is 0 Å². The van der Waals surface area contributed by atoms with Crippen LogP contribution in [-0.2, 0) is 11.2 Å². The van der Waals surface area contributed by atoms with Crippen LogP contribution in [0, 0.1) is 13.8 Å². The van der Waals surface area contributed by atoms with E-state index in [1.165, 1.54) is 11.3 Å². The molecule has 2 aliphatic heterocycles. The second-order valence-corrected chi connectivity index (χ2v) is 8.05. The first-order valence-corrected chi connectivity index (χ1v) is 10.3. The van der Waals surface area contributed by atoms with Gasteiger partial charge in [-0.15, -0.1) is 11.3 Å². The normalized spacial score (nSPS) is 22.6. The van der Waals surface area contributed by atoms with Gasteiger partial charge in [-0.1, -0.05) is 0 Å². The van der Waals surface area contributed by atoms with Crippen LogP contribution >= 0.6 is 11.3 Å². The number of aryl methyl sites for hydroxylation is 2. The van der Waals surface area contributed by atoms with E-state index >= 15 is 0 Å². The van der Waals surface area contributed by atoms with E-state index in [2.05, 4.69) is 40.9 Å². The minimum Gasteiger partial charge on any atom is -0.379 e. The molecule has 1 aromatic rings. The van der Waals surface area contributed by atoms with Crippen LogP contribution < -0.4 is 5.32 Å². The van der Waals surface area contributed by atoms with Crippen LogP contribution in [0.1, 0.15) is 28.9 Å². The second kappa shape index (κ2) is 8.96. The Kier molecular flexibility index (Phi) is 6.67. The predicted molar refractivity (Wildman–Crippen MR) is 104 cm³/mol. The number of rotatable bonds is 5. The van der Waals surface area contributed by atoms with E-state index in [0.29, 0.717) is 6.04 Å². The number of nitrogens with one attached hydrogen (secondary N) is 1. The van der Waals surface area contributed by atoms with Crippen molar-refractivity contribution in [2.75, 3.05) is 52.5 Å². The van der Waals surface area contributed by atoms with Gasteiger partial charge < -0.3 is 15.0 Å². The van der Waals surface area contributed by atoms with Gasteiger partial charge in [0.05, 0.1) is 23.9 Å². The molecule has 0 aromatic carbocycles. The molecule has 0 bridgehead atoms. The summed E-state index contributed by atoms with van der Waals surface area (Å²) >= 11 is 1.80. The van der Waals surface area contributed by atoms with Crippen LogP contribution in [-0.4, -0.2) is 79.3 Å². The molecule has 0 spiro atoms. The van der Waals surface area contributed by atoms with Gasteiger partial charge in [-0.3, -0.25) is 9.89 Å². The van der Waals surface area contributed by atoms with Crippen molar-refractivity contribution in [1.82, 2.24) is 20.1 Å². The maximum Gasteiger partial charge on any atom is 0.193 e. The quantitative estimate of drug-likeness (QED) is 0.635. The van der Waals surface area contributed by atoms with Crippen LogP contribution in [0.25, 0.3) is 0 Å². The standard InChI is InChI=1S/C18H31N5OS/c1-4-19-18(20-7-5-17-14(2)21-15(3)25-17)23-8-6-16(13-23)22-9-11-24-12-10-22/h16H,4-13H2,1-3H3,(H,19,20). The molecule has 7 heteroatoms. The zero-order valence-corrected chi connectivity index (χ0v) is 16.6. The smallest absolute Gasteiger partial charge is 0.193 e. The zero-order chi connectivity index (χ0) is 17.6. The summed E-state index contributed by atoms with van der Waals surface area (Å²) in [6.07, 6.45) is 2.20. The summed E-state index contributed by atoms with van der Waals surface area (Å²) in [6, 6.07) is 0.638. The molecule has 140 valence electrons. The summed E-state index contributed by atoms with van der Waals surface area (Å²) in [5.41, 5.74) is 1.16. The summed E-state index contributed by atoms with van der Waals surface area (Å²) in [7, 11) is 0. The van der Waals surface area contributed by atoms with Crippen LogP contribution in [0.15, 0.2) is 4.99 Å². The minimum absolute atomic E-state index is 0.638. The number of thiazole rings is 1. The fourth-order valence-corrected chi connectivity index (χ4v) is 4.60. The molecule has 0 saturated carbocycles. The Balaban J connectivity index is 1.55. The number of likely N-dealkylation sites (tertiary alicyclic amines) is 1. The van der Waals surface area contributed by atoms with Crippen LogP contribution in [0.3, 0.4) is 0 Å². The van der Waals surface area contributed by atoms with E-state index in [4.69, 9.17) is 9.73 Å². The summed E-state index contributed by atoms with van der Waals surface area (Å²) in [5.74, 6) is 1.07. The first kappa shape index (κ1) is 18.6. The van der Waals surface area contributed by atoms with E-state index < -0.39 is 0 Å². The Hall–Kier alpha value is -1.18. The van der Waals surface area contributed by atoms with Gasteiger partial charge in [-0.25, -0.2) is 4.98 Å². The van der Waals surface area contributed by atoms with Crippen LogP contribution in [0.5, 0.6) is 0 Å². The predicted octanol–water partition coefficient (Wildman–Crippen LogP) is 1.67. The Morgan fingerprint density at radius 3 is 2.80 bits per heavy atom. The Labute approximate surface area is 155 Å². The lowest BCUT2D eigenvalue weighted by atomic mass is 10.2. The molecule has 0 radical (unpaired) electrons.